The maximum Gasteiger partial charge on any atom is 0.263 e. The van der Waals surface area contributed by atoms with Gasteiger partial charge >= 0.3 is 0 Å². The fraction of sp³-hybridized carbons (Fsp3) is 0.632. The molecule has 9 heteroatoms. The van der Waals surface area contributed by atoms with Gasteiger partial charge in [-0.05, 0) is 32.6 Å². The minimum Gasteiger partial charge on any atom is -0.344 e. The molecule has 3 heterocycles. The highest BCUT2D eigenvalue weighted by molar-refractivity contribution is 5.84. The van der Waals surface area contributed by atoms with Gasteiger partial charge in [0.2, 0.25) is 11.9 Å². The van der Waals surface area contributed by atoms with Gasteiger partial charge in [0, 0.05) is 19.0 Å². The lowest BCUT2D eigenvalue weighted by Crippen LogP contribution is -2.45. The predicted octanol–water partition coefficient (Wildman–Crippen LogP) is 1.80. The summed E-state index contributed by atoms with van der Waals surface area (Å²) in [5.41, 5.74) is 0.305. The molecule has 2 aromatic heterocycles. The highest BCUT2D eigenvalue weighted by Gasteiger charge is 2.27. The number of nitriles is 1. The summed E-state index contributed by atoms with van der Waals surface area (Å²) in [6.45, 7) is 2.93. The van der Waals surface area contributed by atoms with Gasteiger partial charge in [0.25, 0.3) is 5.56 Å². The number of anilines is 1. The number of nitrogens with one attached hydrogen (secondary N) is 2. The van der Waals surface area contributed by atoms with E-state index < -0.39 is 6.04 Å². The molecule has 1 atom stereocenters. The van der Waals surface area contributed by atoms with Crippen LogP contribution in [0.25, 0.3) is 11.0 Å². The smallest absolute Gasteiger partial charge is 0.263 e. The minimum atomic E-state index is -0.526. The Labute approximate surface area is 162 Å². The normalized spacial score (nSPS) is 19.6. The Morgan fingerprint density at radius 2 is 2.04 bits per heavy atom. The number of fused-ring (bicyclic) bond motifs is 1. The number of hydrogen-bond donors (Lipinski definition) is 2. The Bertz CT molecular complexity index is 959. The minimum absolute atomic E-state index is 0.0311. The molecule has 2 N–H and O–H groups in total. The van der Waals surface area contributed by atoms with Crippen LogP contribution in [-0.4, -0.2) is 49.7 Å². The van der Waals surface area contributed by atoms with Crippen molar-refractivity contribution in [3.63, 3.8) is 0 Å². The van der Waals surface area contributed by atoms with Gasteiger partial charge in [0.05, 0.1) is 18.3 Å². The van der Waals surface area contributed by atoms with E-state index in [1.165, 1.54) is 0 Å². The number of carbonyl (C=O) groups excluding carboxylic acids is 1. The summed E-state index contributed by atoms with van der Waals surface area (Å²) in [4.78, 5) is 34.2. The van der Waals surface area contributed by atoms with Crippen molar-refractivity contribution in [2.24, 2.45) is 5.92 Å². The summed E-state index contributed by atoms with van der Waals surface area (Å²) >= 11 is 0. The summed E-state index contributed by atoms with van der Waals surface area (Å²) < 4.78 is 1.85. The highest BCUT2D eigenvalue weighted by atomic mass is 16.2. The van der Waals surface area contributed by atoms with Crippen LogP contribution in [0.15, 0.2) is 11.0 Å². The number of piperidine rings is 1. The molecule has 4 rings (SSSR count). The van der Waals surface area contributed by atoms with Crippen molar-refractivity contribution >= 4 is 22.9 Å². The molecule has 28 heavy (non-hydrogen) atoms. The maximum atomic E-state index is 12.7. The number of aromatic nitrogens is 4. The van der Waals surface area contributed by atoms with E-state index in [4.69, 9.17) is 5.26 Å². The molecule has 1 saturated heterocycles. The second-order valence-corrected chi connectivity index (χ2v) is 7.77. The number of carbonyl (C=O) groups is 1. The van der Waals surface area contributed by atoms with Crippen LogP contribution in [0.1, 0.15) is 51.5 Å². The molecule has 0 spiro atoms. The third kappa shape index (κ3) is 3.46. The second kappa shape index (κ2) is 7.62. The summed E-state index contributed by atoms with van der Waals surface area (Å²) in [6, 6.07) is 2.02. The predicted molar refractivity (Wildman–Crippen MR) is 104 cm³/mol. The molecule has 0 bridgehead atoms. The lowest BCUT2D eigenvalue weighted by atomic mass is 9.98. The Balaban J connectivity index is 1.51. The van der Waals surface area contributed by atoms with Crippen molar-refractivity contribution in [2.45, 2.75) is 57.5 Å². The third-order valence-electron chi connectivity index (χ3n) is 5.85. The SMILES string of the molecule is C[C@@H](Nc1nc2c(cnn2C2CCCC2)c(=O)[nH]1)C(=O)N1CCC(C#N)CC1. The molecule has 2 aromatic rings. The highest BCUT2D eigenvalue weighted by Crippen LogP contribution is 2.30. The van der Waals surface area contributed by atoms with Crippen LogP contribution in [-0.2, 0) is 4.79 Å². The fourth-order valence-corrected chi connectivity index (χ4v) is 4.19. The van der Waals surface area contributed by atoms with Crippen LogP contribution in [0, 0.1) is 17.2 Å². The van der Waals surface area contributed by atoms with Crippen molar-refractivity contribution in [1.82, 2.24) is 24.6 Å². The fourth-order valence-electron chi connectivity index (χ4n) is 4.19. The van der Waals surface area contributed by atoms with Gasteiger partial charge in [-0.1, -0.05) is 12.8 Å². The van der Waals surface area contributed by atoms with Crippen molar-refractivity contribution in [2.75, 3.05) is 18.4 Å². The van der Waals surface area contributed by atoms with Gasteiger partial charge in [-0.3, -0.25) is 14.6 Å². The van der Waals surface area contributed by atoms with E-state index in [0.717, 1.165) is 25.7 Å². The maximum absolute atomic E-state index is 12.7. The lowest BCUT2D eigenvalue weighted by Gasteiger charge is -2.31. The Morgan fingerprint density at radius 3 is 2.71 bits per heavy atom. The molecular weight excluding hydrogens is 358 g/mol. The number of nitrogens with zero attached hydrogens (tertiary/aromatic N) is 5. The van der Waals surface area contributed by atoms with Crippen molar-refractivity contribution in [3.8, 4) is 6.07 Å². The van der Waals surface area contributed by atoms with E-state index in [1.54, 1.807) is 18.0 Å². The van der Waals surface area contributed by atoms with Gasteiger partial charge in [-0.25, -0.2) is 4.68 Å². The zero-order chi connectivity index (χ0) is 19.7. The first-order valence-electron chi connectivity index (χ1n) is 9.99. The number of hydrogen-bond acceptors (Lipinski definition) is 6. The first kappa shape index (κ1) is 18.5. The molecule has 9 nitrogen and oxygen atoms in total. The van der Waals surface area contributed by atoms with E-state index >= 15 is 0 Å². The zero-order valence-corrected chi connectivity index (χ0v) is 16.0. The van der Waals surface area contributed by atoms with Crippen molar-refractivity contribution in [3.05, 3.63) is 16.6 Å². The molecule has 1 aliphatic heterocycles. The van der Waals surface area contributed by atoms with E-state index in [2.05, 4.69) is 26.5 Å². The Kier molecular flexibility index (Phi) is 5.03. The quantitative estimate of drug-likeness (QED) is 0.831. The van der Waals surface area contributed by atoms with Crippen LogP contribution in [0.5, 0.6) is 0 Å². The second-order valence-electron chi connectivity index (χ2n) is 7.77. The molecule has 0 aromatic carbocycles. The van der Waals surface area contributed by atoms with E-state index in [1.807, 2.05) is 4.68 Å². The molecule has 0 radical (unpaired) electrons. The monoisotopic (exact) mass is 383 g/mol. The van der Waals surface area contributed by atoms with Crippen LogP contribution in [0.3, 0.4) is 0 Å². The van der Waals surface area contributed by atoms with E-state index in [-0.39, 0.29) is 29.4 Å². The van der Waals surface area contributed by atoms with Gasteiger partial charge in [-0.2, -0.15) is 15.3 Å². The van der Waals surface area contributed by atoms with Crippen LogP contribution in [0.2, 0.25) is 0 Å². The summed E-state index contributed by atoms with van der Waals surface area (Å²) in [5, 5.41) is 16.9. The summed E-state index contributed by atoms with van der Waals surface area (Å²) in [7, 11) is 0. The molecular formula is C19H25N7O2. The van der Waals surface area contributed by atoms with Gasteiger partial charge in [0.1, 0.15) is 11.4 Å². The molecule has 1 aliphatic carbocycles. The van der Waals surface area contributed by atoms with Crippen LogP contribution >= 0.6 is 0 Å². The molecule has 2 aliphatic rings. The number of amides is 1. The summed E-state index contributed by atoms with van der Waals surface area (Å²) in [5.74, 6) is 0.261. The molecule has 1 saturated carbocycles. The number of aromatic amines is 1. The number of H-pyrrole nitrogens is 1. The summed E-state index contributed by atoms with van der Waals surface area (Å²) in [6.07, 6.45) is 7.39. The topological polar surface area (TPSA) is 120 Å². The van der Waals surface area contributed by atoms with Gasteiger partial charge in [0.15, 0.2) is 5.65 Å². The molecule has 2 fully saturated rings. The standard InChI is InChI=1S/C19H25N7O2/c1-12(18(28)25-8-6-13(10-20)7-9-25)22-19-23-16-15(17(27)24-19)11-21-26(16)14-4-2-3-5-14/h11-14H,2-9H2,1H3,(H2,22,23,24,27)/t12-/m1/s1. The molecule has 0 unspecified atom stereocenters. The third-order valence-corrected chi connectivity index (χ3v) is 5.85. The number of rotatable bonds is 4. The Hall–Kier alpha value is -2.89. The Morgan fingerprint density at radius 1 is 1.32 bits per heavy atom. The van der Waals surface area contributed by atoms with E-state index in [0.29, 0.717) is 37.0 Å². The number of likely N-dealkylation sites (tertiary alicyclic amines) is 1. The first-order valence-corrected chi connectivity index (χ1v) is 9.99. The molecule has 148 valence electrons. The van der Waals surface area contributed by atoms with Crippen LogP contribution in [0.4, 0.5) is 5.95 Å². The first-order chi connectivity index (χ1) is 13.6. The van der Waals surface area contributed by atoms with Crippen molar-refractivity contribution in [1.29, 1.82) is 5.26 Å². The van der Waals surface area contributed by atoms with Gasteiger partial charge < -0.3 is 10.2 Å². The van der Waals surface area contributed by atoms with Crippen LogP contribution < -0.4 is 10.9 Å². The van der Waals surface area contributed by atoms with Crippen molar-refractivity contribution < 1.29 is 4.79 Å². The zero-order valence-electron chi connectivity index (χ0n) is 16.0. The largest absolute Gasteiger partial charge is 0.344 e. The lowest BCUT2D eigenvalue weighted by molar-refractivity contribution is -0.132. The van der Waals surface area contributed by atoms with E-state index in [9.17, 15) is 9.59 Å². The average Bonchev–Trinajstić information content (AvgIpc) is 3.37. The molecule has 1 amide bonds. The average molecular weight is 383 g/mol. The van der Waals surface area contributed by atoms with Gasteiger partial charge in [-0.15, -0.1) is 0 Å².